The van der Waals surface area contributed by atoms with E-state index in [1.807, 2.05) is 0 Å². The number of hydrogen-bond donors (Lipinski definition) is 5. The minimum atomic E-state index is -4.06. The third-order valence-electron chi connectivity index (χ3n) is 1.77. The quantitative estimate of drug-likeness (QED) is 0.548. The van der Waals surface area contributed by atoms with Crippen LogP contribution in [0.3, 0.4) is 0 Å². The highest BCUT2D eigenvalue weighted by atomic mass is 32.3. The predicted octanol–water partition coefficient (Wildman–Crippen LogP) is 1.67. The average Bonchev–Trinajstić information content (AvgIpc) is 2.15. The number of rotatable bonds is 3. The molecule has 0 heterocycles. The Hall–Kier alpha value is -1.61. The second kappa shape index (κ2) is 4.10. The molecule has 16 heavy (non-hydrogen) atoms. The smallest absolute Gasteiger partial charge is 0.336 e. The summed E-state index contributed by atoms with van der Waals surface area (Å²) in [6.45, 7) is 0. The predicted molar refractivity (Wildman–Crippen MR) is 54.1 cm³/mol. The summed E-state index contributed by atoms with van der Waals surface area (Å²) in [5.41, 5.74) is -1.13. The van der Waals surface area contributed by atoms with E-state index in [1.54, 1.807) is 0 Å². The first-order valence-electron chi connectivity index (χ1n) is 3.85. The van der Waals surface area contributed by atoms with Gasteiger partial charge in [-0.2, -0.15) is 0 Å². The molecule has 0 radical (unpaired) electrons. The summed E-state index contributed by atoms with van der Waals surface area (Å²) in [6.07, 6.45) is 0. The molecular weight excluding hydrogens is 240 g/mol. The van der Waals surface area contributed by atoms with Gasteiger partial charge in [-0.15, -0.1) is 0 Å². The van der Waals surface area contributed by atoms with Crippen molar-refractivity contribution >= 4 is 22.8 Å². The first-order valence-corrected chi connectivity index (χ1v) is 5.35. The fourth-order valence-corrected chi connectivity index (χ4v) is 1.58. The molecule has 0 fully saturated rings. The highest BCUT2D eigenvalue weighted by Crippen LogP contribution is 2.43. The molecule has 0 bridgehead atoms. The van der Waals surface area contributed by atoms with E-state index in [1.165, 1.54) is 0 Å². The SMILES string of the molecule is O=C(O)c1ccc(S(O)(O)O)cc1C(=O)O. The lowest BCUT2D eigenvalue weighted by Crippen LogP contribution is -2.09. The lowest BCUT2D eigenvalue weighted by atomic mass is 10.1. The molecule has 0 atom stereocenters. The van der Waals surface area contributed by atoms with Gasteiger partial charge in [-0.1, -0.05) is 0 Å². The Balaban J connectivity index is 3.40. The van der Waals surface area contributed by atoms with Crippen molar-refractivity contribution in [3.8, 4) is 0 Å². The van der Waals surface area contributed by atoms with Crippen molar-refractivity contribution in [3.63, 3.8) is 0 Å². The van der Waals surface area contributed by atoms with E-state index in [0.717, 1.165) is 12.1 Å². The zero-order chi connectivity index (χ0) is 12.5. The summed E-state index contributed by atoms with van der Waals surface area (Å²) in [5, 5.41) is 17.4. The second-order valence-corrected chi connectivity index (χ2v) is 4.35. The van der Waals surface area contributed by atoms with Crippen molar-refractivity contribution in [2.75, 3.05) is 0 Å². The van der Waals surface area contributed by atoms with Crippen LogP contribution in [0, 0.1) is 0 Å². The number of aromatic carboxylic acids is 2. The van der Waals surface area contributed by atoms with Gasteiger partial charge in [0.15, 0.2) is 0 Å². The third kappa shape index (κ3) is 2.49. The molecule has 1 aromatic rings. The molecular formula is C8H8O7S. The molecule has 0 aliphatic carbocycles. The maximum absolute atomic E-state index is 10.7. The van der Waals surface area contributed by atoms with Gasteiger partial charge in [-0.05, 0) is 18.2 Å². The van der Waals surface area contributed by atoms with Gasteiger partial charge in [-0.3, -0.25) is 0 Å². The molecule has 0 unspecified atom stereocenters. The molecule has 0 amide bonds. The summed E-state index contributed by atoms with van der Waals surface area (Å²) in [4.78, 5) is 20.9. The monoisotopic (exact) mass is 248 g/mol. The normalized spacial score (nSPS) is 12.2. The van der Waals surface area contributed by atoms with Crippen molar-refractivity contribution in [2.24, 2.45) is 0 Å². The van der Waals surface area contributed by atoms with Crippen LogP contribution in [0.2, 0.25) is 0 Å². The highest BCUT2D eigenvalue weighted by Gasteiger charge is 2.22. The fraction of sp³-hybridized carbons (Fsp3) is 0. The van der Waals surface area contributed by atoms with E-state index < -0.39 is 38.8 Å². The van der Waals surface area contributed by atoms with Gasteiger partial charge in [0.1, 0.15) is 10.9 Å². The van der Waals surface area contributed by atoms with E-state index in [0.29, 0.717) is 6.07 Å². The number of carboxylic acid groups (broad SMARTS) is 2. The van der Waals surface area contributed by atoms with Gasteiger partial charge in [0.05, 0.1) is 16.0 Å². The first kappa shape index (κ1) is 12.5. The molecule has 0 spiro atoms. The summed E-state index contributed by atoms with van der Waals surface area (Å²) in [6, 6.07) is 2.53. The van der Waals surface area contributed by atoms with E-state index in [-0.39, 0.29) is 0 Å². The van der Waals surface area contributed by atoms with E-state index >= 15 is 0 Å². The first-order chi connectivity index (χ1) is 7.23. The molecule has 0 aliphatic heterocycles. The van der Waals surface area contributed by atoms with Crippen molar-refractivity contribution in [1.29, 1.82) is 0 Å². The van der Waals surface area contributed by atoms with Crippen LogP contribution >= 0.6 is 10.9 Å². The third-order valence-corrected chi connectivity index (χ3v) is 2.65. The zero-order valence-corrected chi connectivity index (χ0v) is 8.51. The van der Waals surface area contributed by atoms with Crippen molar-refractivity contribution in [1.82, 2.24) is 0 Å². The Labute approximate surface area is 91.1 Å². The van der Waals surface area contributed by atoms with Crippen LogP contribution in [-0.4, -0.2) is 35.8 Å². The van der Waals surface area contributed by atoms with Gasteiger partial charge in [0.2, 0.25) is 0 Å². The van der Waals surface area contributed by atoms with Crippen LogP contribution in [-0.2, 0) is 0 Å². The largest absolute Gasteiger partial charge is 0.478 e. The Morgan fingerprint density at radius 1 is 0.938 bits per heavy atom. The topological polar surface area (TPSA) is 135 Å². The van der Waals surface area contributed by atoms with Gasteiger partial charge in [0.25, 0.3) is 0 Å². The molecule has 7 nitrogen and oxygen atoms in total. The summed E-state index contributed by atoms with van der Waals surface area (Å²) < 4.78 is 26.6. The van der Waals surface area contributed by atoms with Crippen molar-refractivity contribution < 1.29 is 33.5 Å². The molecule has 0 aliphatic rings. The zero-order valence-electron chi connectivity index (χ0n) is 7.69. The maximum atomic E-state index is 10.7. The van der Waals surface area contributed by atoms with Crippen LogP contribution in [0.4, 0.5) is 0 Å². The summed E-state index contributed by atoms with van der Waals surface area (Å²) in [5.74, 6) is -3.00. The van der Waals surface area contributed by atoms with E-state index in [4.69, 9.17) is 23.9 Å². The molecule has 5 N–H and O–H groups in total. The average molecular weight is 248 g/mol. The Bertz CT molecular complexity index is 448. The Kier molecular flexibility index (Phi) is 3.19. The minimum absolute atomic E-state index is 0.449. The summed E-state index contributed by atoms with van der Waals surface area (Å²) in [7, 11) is -4.06. The summed E-state index contributed by atoms with van der Waals surface area (Å²) >= 11 is 0. The molecule has 1 rings (SSSR count). The molecule has 1 aromatic carbocycles. The molecule has 8 heteroatoms. The molecule has 0 aromatic heterocycles. The van der Waals surface area contributed by atoms with E-state index in [9.17, 15) is 9.59 Å². The lowest BCUT2D eigenvalue weighted by Gasteiger charge is -2.19. The number of carbonyl (C=O) groups is 2. The minimum Gasteiger partial charge on any atom is -0.478 e. The highest BCUT2D eigenvalue weighted by molar-refractivity contribution is 8.19. The maximum Gasteiger partial charge on any atom is 0.336 e. The van der Waals surface area contributed by atoms with Crippen LogP contribution in [0.1, 0.15) is 20.7 Å². The number of carboxylic acids is 2. The van der Waals surface area contributed by atoms with Crippen molar-refractivity contribution in [2.45, 2.75) is 4.90 Å². The van der Waals surface area contributed by atoms with Gasteiger partial charge in [0, 0.05) is 0 Å². The van der Waals surface area contributed by atoms with Gasteiger partial charge in [-0.25, -0.2) is 9.59 Å². The fourth-order valence-electron chi connectivity index (χ4n) is 1.06. The molecule has 0 saturated heterocycles. The second-order valence-electron chi connectivity index (χ2n) is 2.84. The Morgan fingerprint density at radius 2 is 1.44 bits per heavy atom. The van der Waals surface area contributed by atoms with Gasteiger partial charge >= 0.3 is 11.9 Å². The molecule has 88 valence electrons. The van der Waals surface area contributed by atoms with Crippen LogP contribution in [0.15, 0.2) is 23.1 Å². The van der Waals surface area contributed by atoms with Crippen molar-refractivity contribution in [3.05, 3.63) is 29.3 Å². The lowest BCUT2D eigenvalue weighted by molar-refractivity contribution is 0.0651. The van der Waals surface area contributed by atoms with Crippen LogP contribution in [0.5, 0.6) is 0 Å². The van der Waals surface area contributed by atoms with Crippen LogP contribution in [0.25, 0.3) is 0 Å². The standard InChI is InChI=1S/C8H8O7S/c9-7(10)5-2-1-4(16(13,14)15)3-6(5)8(11)12/h1-3,13-15H,(H,9,10)(H,11,12). The number of hydrogen-bond acceptors (Lipinski definition) is 5. The van der Waals surface area contributed by atoms with Gasteiger partial charge < -0.3 is 23.9 Å². The van der Waals surface area contributed by atoms with E-state index in [2.05, 4.69) is 0 Å². The molecule has 0 saturated carbocycles. The Morgan fingerprint density at radius 3 is 1.81 bits per heavy atom. The van der Waals surface area contributed by atoms with Crippen LogP contribution < -0.4 is 0 Å². The number of benzene rings is 1.